The third-order valence-electron chi connectivity index (χ3n) is 2.94. The van der Waals surface area contributed by atoms with Crippen molar-refractivity contribution in [3.63, 3.8) is 0 Å². The van der Waals surface area contributed by atoms with Crippen molar-refractivity contribution in [3.05, 3.63) is 35.7 Å². The number of carboxylic acids is 1. The van der Waals surface area contributed by atoms with Gasteiger partial charge in [-0.3, -0.25) is 9.78 Å². The van der Waals surface area contributed by atoms with Crippen molar-refractivity contribution in [2.45, 2.75) is 25.3 Å². The molecule has 1 aromatic rings. The zero-order chi connectivity index (χ0) is 13.0. The highest BCUT2D eigenvalue weighted by molar-refractivity contribution is 5.98. The molecule has 1 aromatic heterocycles. The van der Waals surface area contributed by atoms with Crippen molar-refractivity contribution >= 4 is 18.0 Å². The van der Waals surface area contributed by atoms with E-state index in [0.717, 1.165) is 25.3 Å². The monoisotopic (exact) mass is 246 g/mol. The van der Waals surface area contributed by atoms with E-state index in [-0.39, 0.29) is 11.9 Å². The van der Waals surface area contributed by atoms with Crippen LogP contribution in [0.5, 0.6) is 0 Å². The van der Waals surface area contributed by atoms with E-state index in [1.807, 2.05) is 0 Å². The van der Waals surface area contributed by atoms with Crippen molar-refractivity contribution in [3.8, 4) is 0 Å². The van der Waals surface area contributed by atoms with E-state index in [1.54, 1.807) is 6.07 Å². The topological polar surface area (TPSA) is 79.3 Å². The molecule has 5 heteroatoms. The summed E-state index contributed by atoms with van der Waals surface area (Å²) in [6.07, 6.45) is 8.55. The first-order valence-electron chi connectivity index (χ1n) is 5.82. The minimum absolute atomic E-state index is 0.174. The van der Waals surface area contributed by atoms with Gasteiger partial charge in [-0.05, 0) is 31.4 Å². The molecular weight excluding hydrogens is 232 g/mol. The normalized spacial score (nSPS) is 15.3. The molecule has 1 heterocycles. The molecule has 18 heavy (non-hydrogen) atoms. The fraction of sp³-hybridized carbons (Fsp3) is 0.308. The van der Waals surface area contributed by atoms with Gasteiger partial charge in [0.2, 0.25) is 0 Å². The molecule has 0 aliphatic heterocycles. The number of amides is 1. The molecule has 1 amide bonds. The predicted octanol–water partition coefficient (Wildman–Crippen LogP) is 1.46. The molecular formula is C13H14N2O3. The van der Waals surface area contributed by atoms with Gasteiger partial charge < -0.3 is 10.4 Å². The van der Waals surface area contributed by atoms with Gasteiger partial charge in [0.1, 0.15) is 0 Å². The molecule has 1 aliphatic rings. The number of aliphatic carboxylic acids is 1. The molecule has 0 spiro atoms. The molecule has 0 aromatic carbocycles. The Labute approximate surface area is 105 Å². The van der Waals surface area contributed by atoms with Crippen LogP contribution in [0.3, 0.4) is 0 Å². The average molecular weight is 246 g/mol. The fourth-order valence-electron chi connectivity index (χ4n) is 1.72. The van der Waals surface area contributed by atoms with Crippen LogP contribution in [0.15, 0.2) is 24.5 Å². The van der Waals surface area contributed by atoms with Gasteiger partial charge >= 0.3 is 5.97 Å². The summed E-state index contributed by atoms with van der Waals surface area (Å²) in [6.45, 7) is 0. The summed E-state index contributed by atoms with van der Waals surface area (Å²) >= 11 is 0. The highest BCUT2D eigenvalue weighted by Crippen LogP contribution is 2.19. The number of hydrogen-bond acceptors (Lipinski definition) is 3. The van der Waals surface area contributed by atoms with Crippen molar-refractivity contribution in [1.29, 1.82) is 0 Å². The number of aromatic nitrogens is 1. The number of nitrogens with zero attached hydrogens (tertiary/aromatic N) is 1. The SMILES string of the molecule is O=C(O)C=Cc1cnccc1C(=O)NC1CCC1. The molecule has 2 N–H and O–H groups in total. The molecule has 1 saturated carbocycles. The first kappa shape index (κ1) is 12.3. The van der Waals surface area contributed by atoms with Gasteiger partial charge in [-0.1, -0.05) is 0 Å². The van der Waals surface area contributed by atoms with Gasteiger partial charge in [-0.25, -0.2) is 4.79 Å². The summed E-state index contributed by atoms with van der Waals surface area (Å²) in [7, 11) is 0. The second-order valence-corrected chi connectivity index (χ2v) is 4.24. The van der Waals surface area contributed by atoms with E-state index < -0.39 is 5.97 Å². The van der Waals surface area contributed by atoms with Crippen LogP contribution in [0, 0.1) is 0 Å². The maximum Gasteiger partial charge on any atom is 0.328 e. The molecule has 0 saturated heterocycles. The van der Waals surface area contributed by atoms with Crippen LogP contribution < -0.4 is 5.32 Å². The predicted molar refractivity (Wildman–Crippen MR) is 66.0 cm³/mol. The van der Waals surface area contributed by atoms with E-state index in [2.05, 4.69) is 10.3 Å². The van der Waals surface area contributed by atoms with Crippen molar-refractivity contribution in [2.75, 3.05) is 0 Å². The van der Waals surface area contributed by atoms with Crippen LogP contribution in [0.2, 0.25) is 0 Å². The van der Waals surface area contributed by atoms with Crippen LogP contribution in [0.4, 0.5) is 0 Å². The summed E-state index contributed by atoms with van der Waals surface area (Å²) in [5.74, 6) is -1.23. The lowest BCUT2D eigenvalue weighted by atomic mass is 9.93. The Bertz CT molecular complexity index is 493. The lowest BCUT2D eigenvalue weighted by Gasteiger charge is -2.26. The summed E-state index contributed by atoms with van der Waals surface area (Å²) < 4.78 is 0. The molecule has 94 valence electrons. The second kappa shape index (κ2) is 5.44. The summed E-state index contributed by atoms with van der Waals surface area (Å²) in [5.41, 5.74) is 0.964. The summed E-state index contributed by atoms with van der Waals surface area (Å²) in [5, 5.41) is 11.5. The Balaban J connectivity index is 2.15. The smallest absolute Gasteiger partial charge is 0.328 e. The lowest BCUT2D eigenvalue weighted by Crippen LogP contribution is -2.39. The van der Waals surface area contributed by atoms with E-state index in [9.17, 15) is 9.59 Å². The maximum absolute atomic E-state index is 12.0. The number of rotatable bonds is 4. The van der Waals surface area contributed by atoms with Crippen LogP contribution in [0.25, 0.3) is 6.08 Å². The Hall–Kier alpha value is -2.17. The Morgan fingerprint density at radius 2 is 2.22 bits per heavy atom. The minimum atomic E-state index is -1.05. The summed E-state index contributed by atoms with van der Waals surface area (Å²) in [4.78, 5) is 26.4. The van der Waals surface area contributed by atoms with E-state index in [1.165, 1.54) is 18.5 Å². The first-order valence-corrected chi connectivity index (χ1v) is 5.82. The molecule has 1 fully saturated rings. The Kier molecular flexibility index (Phi) is 3.72. The number of nitrogens with one attached hydrogen (secondary N) is 1. The zero-order valence-electron chi connectivity index (χ0n) is 9.80. The largest absolute Gasteiger partial charge is 0.478 e. The van der Waals surface area contributed by atoms with Gasteiger partial charge in [-0.15, -0.1) is 0 Å². The lowest BCUT2D eigenvalue weighted by molar-refractivity contribution is -0.131. The van der Waals surface area contributed by atoms with Crippen LogP contribution >= 0.6 is 0 Å². The molecule has 0 radical (unpaired) electrons. The summed E-state index contributed by atoms with van der Waals surface area (Å²) in [6, 6.07) is 1.84. The van der Waals surface area contributed by atoms with Gasteiger partial charge in [0.15, 0.2) is 0 Å². The van der Waals surface area contributed by atoms with E-state index in [4.69, 9.17) is 5.11 Å². The Morgan fingerprint density at radius 1 is 1.44 bits per heavy atom. The van der Waals surface area contributed by atoms with Crippen LogP contribution in [-0.2, 0) is 4.79 Å². The van der Waals surface area contributed by atoms with Crippen molar-refractivity contribution < 1.29 is 14.7 Å². The number of pyridine rings is 1. The second-order valence-electron chi connectivity index (χ2n) is 4.24. The molecule has 5 nitrogen and oxygen atoms in total. The van der Waals surface area contributed by atoms with Crippen molar-refractivity contribution in [1.82, 2.24) is 10.3 Å². The number of carboxylic acid groups (broad SMARTS) is 1. The number of carbonyl (C=O) groups excluding carboxylic acids is 1. The molecule has 1 aliphatic carbocycles. The zero-order valence-corrected chi connectivity index (χ0v) is 9.80. The van der Waals surface area contributed by atoms with Gasteiger partial charge in [0, 0.05) is 35.6 Å². The maximum atomic E-state index is 12.0. The van der Waals surface area contributed by atoms with E-state index >= 15 is 0 Å². The molecule has 2 rings (SSSR count). The molecule has 0 bridgehead atoms. The average Bonchev–Trinajstić information content (AvgIpc) is 2.31. The third kappa shape index (κ3) is 2.94. The van der Waals surface area contributed by atoms with Gasteiger partial charge in [0.05, 0.1) is 0 Å². The number of carbonyl (C=O) groups is 2. The first-order chi connectivity index (χ1) is 8.66. The highest BCUT2D eigenvalue weighted by atomic mass is 16.4. The van der Waals surface area contributed by atoms with Crippen molar-refractivity contribution in [2.24, 2.45) is 0 Å². The van der Waals surface area contributed by atoms with Gasteiger partial charge in [-0.2, -0.15) is 0 Å². The molecule has 0 unspecified atom stereocenters. The van der Waals surface area contributed by atoms with Crippen LogP contribution in [-0.4, -0.2) is 28.0 Å². The highest BCUT2D eigenvalue weighted by Gasteiger charge is 2.20. The van der Waals surface area contributed by atoms with Gasteiger partial charge in [0.25, 0.3) is 5.91 Å². The van der Waals surface area contributed by atoms with Crippen LogP contribution in [0.1, 0.15) is 35.2 Å². The third-order valence-corrected chi connectivity index (χ3v) is 2.94. The fourth-order valence-corrected chi connectivity index (χ4v) is 1.72. The minimum Gasteiger partial charge on any atom is -0.478 e. The standard InChI is InChI=1S/C13H14N2O3/c16-12(17)5-4-9-8-14-7-6-11(9)13(18)15-10-2-1-3-10/h4-8,10H,1-3H2,(H,15,18)(H,16,17). The number of hydrogen-bond donors (Lipinski definition) is 2. The Morgan fingerprint density at radius 3 is 2.83 bits per heavy atom. The quantitative estimate of drug-likeness (QED) is 0.788. The molecule has 0 atom stereocenters. The van der Waals surface area contributed by atoms with E-state index in [0.29, 0.717) is 11.1 Å².